The van der Waals surface area contributed by atoms with Gasteiger partial charge in [0, 0.05) is 19.5 Å². The standard InChI is InChI=1S/C7H12FNO2/c1-9-4-3-7(8,5-9)6(10)11-2/h3-5H2,1-2H3. The Morgan fingerprint density at radius 3 is 2.73 bits per heavy atom. The number of halogens is 1. The van der Waals surface area contributed by atoms with E-state index >= 15 is 0 Å². The summed E-state index contributed by atoms with van der Waals surface area (Å²) in [7, 11) is 2.99. The van der Waals surface area contributed by atoms with Crippen molar-refractivity contribution in [2.75, 3.05) is 27.2 Å². The molecule has 0 aromatic rings. The lowest BCUT2D eigenvalue weighted by Crippen LogP contribution is -2.37. The predicted octanol–water partition coefficient (Wildman–Crippen LogP) is 0.203. The Kier molecular flexibility index (Phi) is 2.13. The maximum absolute atomic E-state index is 13.4. The number of methoxy groups -OCH3 is 1. The first kappa shape index (κ1) is 8.46. The molecule has 0 aromatic heterocycles. The molecule has 0 N–H and O–H groups in total. The summed E-state index contributed by atoms with van der Waals surface area (Å²) in [4.78, 5) is 12.6. The van der Waals surface area contributed by atoms with Gasteiger partial charge in [0.05, 0.1) is 7.11 Å². The highest BCUT2D eigenvalue weighted by atomic mass is 19.1. The largest absolute Gasteiger partial charge is 0.467 e. The minimum absolute atomic E-state index is 0.152. The number of hydrogen-bond acceptors (Lipinski definition) is 3. The van der Waals surface area contributed by atoms with Crippen molar-refractivity contribution in [2.45, 2.75) is 12.1 Å². The second-order valence-electron chi connectivity index (χ2n) is 2.94. The fraction of sp³-hybridized carbons (Fsp3) is 0.857. The van der Waals surface area contributed by atoms with Crippen LogP contribution in [-0.2, 0) is 9.53 Å². The van der Waals surface area contributed by atoms with Gasteiger partial charge in [-0.1, -0.05) is 0 Å². The topological polar surface area (TPSA) is 29.5 Å². The molecule has 0 bridgehead atoms. The Morgan fingerprint density at radius 2 is 2.36 bits per heavy atom. The third-order valence-corrected chi connectivity index (χ3v) is 1.96. The SMILES string of the molecule is COC(=O)C1(F)CCN(C)C1. The van der Waals surface area contributed by atoms with Crippen LogP contribution in [0.2, 0.25) is 0 Å². The highest BCUT2D eigenvalue weighted by Crippen LogP contribution is 2.25. The summed E-state index contributed by atoms with van der Waals surface area (Å²) < 4.78 is 17.8. The number of carbonyl (C=O) groups is 1. The Bertz CT molecular complexity index is 174. The quantitative estimate of drug-likeness (QED) is 0.515. The zero-order valence-electron chi connectivity index (χ0n) is 6.76. The highest BCUT2D eigenvalue weighted by molar-refractivity contribution is 5.80. The van der Waals surface area contributed by atoms with E-state index in [9.17, 15) is 9.18 Å². The molecule has 3 nitrogen and oxygen atoms in total. The van der Waals surface area contributed by atoms with E-state index in [0.29, 0.717) is 6.54 Å². The summed E-state index contributed by atoms with van der Waals surface area (Å²) in [6.07, 6.45) is 0.246. The van der Waals surface area contributed by atoms with E-state index in [1.54, 1.807) is 11.9 Å². The average molecular weight is 161 g/mol. The summed E-state index contributed by atoms with van der Waals surface area (Å²) in [6.45, 7) is 0.769. The first-order chi connectivity index (χ1) is 5.08. The molecule has 4 heteroatoms. The van der Waals surface area contributed by atoms with Crippen LogP contribution in [0.3, 0.4) is 0 Å². The van der Waals surface area contributed by atoms with Crippen molar-refractivity contribution in [2.24, 2.45) is 0 Å². The van der Waals surface area contributed by atoms with Gasteiger partial charge in [-0.2, -0.15) is 0 Å². The third-order valence-electron chi connectivity index (χ3n) is 1.96. The van der Waals surface area contributed by atoms with E-state index in [1.165, 1.54) is 7.11 Å². The van der Waals surface area contributed by atoms with Crippen molar-refractivity contribution in [3.8, 4) is 0 Å². The van der Waals surface area contributed by atoms with Crippen molar-refractivity contribution >= 4 is 5.97 Å². The van der Waals surface area contributed by atoms with E-state index in [2.05, 4.69) is 4.74 Å². The average Bonchev–Trinajstić information content (AvgIpc) is 2.31. The number of nitrogens with zero attached hydrogens (tertiary/aromatic N) is 1. The normalized spacial score (nSPS) is 32.3. The molecule has 1 fully saturated rings. The summed E-state index contributed by atoms with van der Waals surface area (Å²) in [5, 5.41) is 0. The summed E-state index contributed by atoms with van der Waals surface area (Å²) >= 11 is 0. The van der Waals surface area contributed by atoms with Gasteiger partial charge in [-0.05, 0) is 7.05 Å². The maximum Gasteiger partial charge on any atom is 0.345 e. The van der Waals surface area contributed by atoms with Gasteiger partial charge in [0.2, 0.25) is 5.67 Å². The van der Waals surface area contributed by atoms with Crippen LogP contribution in [-0.4, -0.2) is 43.8 Å². The molecule has 1 heterocycles. The minimum atomic E-state index is -1.76. The number of likely N-dealkylation sites (tertiary alicyclic amines) is 1. The molecule has 1 saturated heterocycles. The summed E-state index contributed by atoms with van der Waals surface area (Å²) in [5.41, 5.74) is -1.76. The van der Waals surface area contributed by atoms with Crippen LogP contribution in [0.1, 0.15) is 6.42 Å². The first-order valence-corrected chi connectivity index (χ1v) is 3.54. The van der Waals surface area contributed by atoms with E-state index < -0.39 is 11.6 Å². The Morgan fingerprint density at radius 1 is 1.73 bits per heavy atom. The highest BCUT2D eigenvalue weighted by Gasteiger charge is 2.44. The Balaban J connectivity index is 2.61. The molecule has 1 aliphatic heterocycles. The molecule has 0 amide bonds. The Hall–Kier alpha value is -0.640. The minimum Gasteiger partial charge on any atom is -0.467 e. The first-order valence-electron chi connectivity index (χ1n) is 3.54. The predicted molar refractivity (Wildman–Crippen MR) is 38.0 cm³/mol. The number of ether oxygens (including phenoxy) is 1. The number of esters is 1. The van der Waals surface area contributed by atoms with E-state index in [1.807, 2.05) is 0 Å². The molecule has 1 aliphatic rings. The van der Waals surface area contributed by atoms with Crippen molar-refractivity contribution in [1.29, 1.82) is 0 Å². The number of alkyl halides is 1. The van der Waals surface area contributed by atoms with Gasteiger partial charge < -0.3 is 9.64 Å². The lowest BCUT2D eigenvalue weighted by Gasteiger charge is -2.15. The molecule has 0 radical (unpaired) electrons. The third kappa shape index (κ3) is 1.50. The zero-order chi connectivity index (χ0) is 8.48. The molecule has 0 spiro atoms. The van der Waals surface area contributed by atoms with Gasteiger partial charge >= 0.3 is 5.97 Å². The molecular weight excluding hydrogens is 149 g/mol. The molecule has 1 rings (SSSR count). The van der Waals surface area contributed by atoms with Crippen molar-refractivity contribution in [3.05, 3.63) is 0 Å². The van der Waals surface area contributed by atoms with Crippen LogP contribution < -0.4 is 0 Å². The van der Waals surface area contributed by atoms with Gasteiger partial charge in [-0.3, -0.25) is 0 Å². The van der Waals surface area contributed by atoms with Crippen LogP contribution in [0.5, 0.6) is 0 Å². The lowest BCUT2D eigenvalue weighted by atomic mass is 10.1. The molecule has 11 heavy (non-hydrogen) atoms. The van der Waals surface area contributed by atoms with Gasteiger partial charge in [-0.15, -0.1) is 0 Å². The molecule has 0 aromatic carbocycles. The molecular formula is C7H12FNO2. The summed E-state index contributed by atoms with van der Waals surface area (Å²) in [6, 6.07) is 0. The molecule has 0 aliphatic carbocycles. The van der Waals surface area contributed by atoms with Crippen molar-refractivity contribution in [3.63, 3.8) is 0 Å². The number of rotatable bonds is 1. The van der Waals surface area contributed by atoms with Gasteiger partial charge in [-0.25, -0.2) is 9.18 Å². The van der Waals surface area contributed by atoms with Crippen LogP contribution in [0.4, 0.5) is 4.39 Å². The van der Waals surface area contributed by atoms with Crippen LogP contribution in [0, 0.1) is 0 Å². The van der Waals surface area contributed by atoms with E-state index in [-0.39, 0.29) is 13.0 Å². The number of hydrogen-bond donors (Lipinski definition) is 0. The zero-order valence-corrected chi connectivity index (χ0v) is 6.76. The number of carbonyl (C=O) groups excluding carboxylic acids is 1. The van der Waals surface area contributed by atoms with Gasteiger partial charge in [0.25, 0.3) is 0 Å². The second-order valence-corrected chi connectivity index (χ2v) is 2.94. The molecule has 64 valence electrons. The van der Waals surface area contributed by atoms with E-state index in [0.717, 1.165) is 0 Å². The van der Waals surface area contributed by atoms with Crippen LogP contribution in [0.15, 0.2) is 0 Å². The van der Waals surface area contributed by atoms with Gasteiger partial charge in [0.15, 0.2) is 0 Å². The second kappa shape index (κ2) is 2.77. The van der Waals surface area contributed by atoms with Crippen LogP contribution in [0.25, 0.3) is 0 Å². The fourth-order valence-corrected chi connectivity index (χ4v) is 1.30. The molecule has 1 unspecified atom stereocenters. The Labute approximate surface area is 65.1 Å². The van der Waals surface area contributed by atoms with Crippen molar-refractivity contribution in [1.82, 2.24) is 4.90 Å². The fourth-order valence-electron chi connectivity index (χ4n) is 1.30. The van der Waals surface area contributed by atoms with Crippen LogP contribution >= 0.6 is 0 Å². The lowest BCUT2D eigenvalue weighted by molar-refractivity contribution is -0.153. The maximum atomic E-state index is 13.4. The summed E-state index contributed by atoms with van der Waals surface area (Å²) in [5.74, 6) is -0.748. The monoisotopic (exact) mass is 161 g/mol. The molecule has 0 saturated carbocycles. The van der Waals surface area contributed by atoms with E-state index in [4.69, 9.17) is 0 Å². The van der Waals surface area contributed by atoms with Crippen molar-refractivity contribution < 1.29 is 13.9 Å². The molecule has 1 atom stereocenters. The smallest absolute Gasteiger partial charge is 0.345 e. The van der Waals surface area contributed by atoms with Gasteiger partial charge in [0.1, 0.15) is 0 Å².